The summed E-state index contributed by atoms with van der Waals surface area (Å²) in [5, 5.41) is 3.39. The second-order valence-electron chi connectivity index (χ2n) is 7.13. The fraction of sp³-hybridized carbons (Fsp3) is 0.217. The Labute approximate surface area is 192 Å². The van der Waals surface area contributed by atoms with Crippen molar-refractivity contribution in [3.8, 4) is 11.5 Å². The molecule has 2 aromatic carbocycles. The van der Waals surface area contributed by atoms with Gasteiger partial charge in [-0.05, 0) is 71.1 Å². The summed E-state index contributed by atoms with van der Waals surface area (Å²) in [6, 6.07) is 12.7. The van der Waals surface area contributed by atoms with E-state index in [9.17, 15) is 9.59 Å². The number of anilines is 1. The molecular formula is C23H21BrN2O4S. The minimum atomic E-state index is -0.507. The molecule has 6 nitrogen and oxygen atoms in total. The average molecular weight is 501 g/mol. The first kappa shape index (κ1) is 21.4. The molecule has 160 valence electrons. The Bertz CT molecular complexity index is 1160. The van der Waals surface area contributed by atoms with Gasteiger partial charge in [0.1, 0.15) is 23.1 Å². The maximum Gasteiger partial charge on any atom is 0.256 e. The van der Waals surface area contributed by atoms with E-state index >= 15 is 0 Å². The smallest absolute Gasteiger partial charge is 0.256 e. The van der Waals surface area contributed by atoms with Gasteiger partial charge in [0.05, 0.1) is 17.1 Å². The third-order valence-corrected chi connectivity index (χ3v) is 7.02. The van der Waals surface area contributed by atoms with Crippen molar-refractivity contribution < 1.29 is 19.1 Å². The van der Waals surface area contributed by atoms with Crippen LogP contribution >= 0.6 is 27.3 Å². The number of aryl methyl sites for hydroxylation is 1. The number of benzene rings is 2. The van der Waals surface area contributed by atoms with E-state index in [0.717, 1.165) is 39.7 Å². The van der Waals surface area contributed by atoms with Crippen LogP contribution in [-0.4, -0.2) is 18.9 Å². The molecule has 1 heterocycles. The third kappa shape index (κ3) is 4.45. The maximum atomic E-state index is 13.0. The van der Waals surface area contributed by atoms with E-state index in [2.05, 4.69) is 21.2 Å². The Morgan fingerprint density at radius 2 is 1.97 bits per heavy atom. The summed E-state index contributed by atoms with van der Waals surface area (Å²) in [4.78, 5) is 26.1. The van der Waals surface area contributed by atoms with Gasteiger partial charge in [-0.1, -0.05) is 12.1 Å². The molecule has 1 aromatic heterocycles. The molecular weight excluding hydrogens is 480 g/mol. The van der Waals surface area contributed by atoms with Gasteiger partial charge in [-0.2, -0.15) is 0 Å². The van der Waals surface area contributed by atoms with Gasteiger partial charge in [0.2, 0.25) is 0 Å². The first-order chi connectivity index (χ1) is 15.0. The van der Waals surface area contributed by atoms with Gasteiger partial charge in [0.25, 0.3) is 11.8 Å². The lowest BCUT2D eigenvalue weighted by atomic mass is 10.1. The van der Waals surface area contributed by atoms with E-state index in [-0.39, 0.29) is 12.5 Å². The molecule has 3 aromatic rings. The Balaban J connectivity index is 1.56. The second kappa shape index (κ2) is 9.11. The number of nitrogens with two attached hydrogens (primary N) is 1. The van der Waals surface area contributed by atoms with E-state index < -0.39 is 5.91 Å². The van der Waals surface area contributed by atoms with Gasteiger partial charge in [-0.25, -0.2) is 0 Å². The molecule has 0 unspecified atom stereocenters. The Morgan fingerprint density at radius 1 is 1.16 bits per heavy atom. The lowest BCUT2D eigenvalue weighted by Crippen LogP contribution is -2.18. The maximum absolute atomic E-state index is 13.0. The van der Waals surface area contributed by atoms with Crippen LogP contribution in [0.4, 0.5) is 5.00 Å². The van der Waals surface area contributed by atoms with Gasteiger partial charge in [0, 0.05) is 16.0 Å². The lowest BCUT2D eigenvalue weighted by Gasteiger charge is -2.13. The second-order valence-corrected chi connectivity index (χ2v) is 9.09. The summed E-state index contributed by atoms with van der Waals surface area (Å²) in [7, 11) is 1.57. The average Bonchev–Trinajstić information content (AvgIpc) is 3.33. The molecule has 4 rings (SSSR count). The predicted molar refractivity (Wildman–Crippen MR) is 124 cm³/mol. The topological polar surface area (TPSA) is 90.6 Å². The normalized spacial score (nSPS) is 12.3. The molecule has 0 bridgehead atoms. The number of fused-ring (bicyclic) bond motifs is 1. The molecule has 2 amide bonds. The Hall–Kier alpha value is -2.84. The van der Waals surface area contributed by atoms with Crippen molar-refractivity contribution in [2.75, 3.05) is 12.4 Å². The SMILES string of the molecule is COc1ccc(C(=O)Nc2sc3c(c2C(N)=O)CCC3)cc1COc1ccccc1Br. The van der Waals surface area contributed by atoms with Crippen molar-refractivity contribution in [1.29, 1.82) is 0 Å². The lowest BCUT2D eigenvalue weighted by molar-refractivity contribution is 0.100. The van der Waals surface area contributed by atoms with Crippen LogP contribution < -0.4 is 20.5 Å². The van der Waals surface area contributed by atoms with Crippen molar-refractivity contribution in [3.63, 3.8) is 0 Å². The number of amides is 2. The first-order valence-corrected chi connectivity index (χ1v) is 11.4. The van der Waals surface area contributed by atoms with Crippen LogP contribution in [0.1, 0.15) is 43.1 Å². The fourth-order valence-corrected chi connectivity index (χ4v) is 5.37. The number of para-hydroxylation sites is 1. The summed E-state index contributed by atoms with van der Waals surface area (Å²) in [5.74, 6) is 0.495. The summed E-state index contributed by atoms with van der Waals surface area (Å²) in [6.07, 6.45) is 2.74. The van der Waals surface area contributed by atoms with Gasteiger partial charge in [-0.3, -0.25) is 9.59 Å². The summed E-state index contributed by atoms with van der Waals surface area (Å²) < 4.78 is 12.2. The molecule has 0 saturated carbocycles. The molecule has 0 spiro atoms. The van der Waals surface area contributed by atoms with Crippen molar-refractivity contribution in [1.82, 2.24) is 0 Å². The van der Waals surface area contributed by atoms with Crippen LogP contribution in [-0.2, 0) is 19.4 Å². The van der Waals surface area contributed by atoms with E-state index in [1.165, 1.54) is 11.3 Å². The molecule has 8 heteroatoms. The summed E-state index contributed by atoms with van der Waals surface area (Å²) in [6.45, 7) is 0.229. The molecule has 1 aliphatic rings. The predicted octanol–water partition coefficient (Wildman–Crippen LogP) is 4.94. The third-order valence-electron chi connectivity index (χ3n) is 5.16. The van der Waals surface area contributed by atoms with Gasteiger partial charge in [-0.15, -0.1) is 11.3 Å². The highest BCUT2D eigenvalue weighted by Gasteiger charge is 2.26. The van der Waals surface area contributed by atoms with Crippen LogP contribution in [0.15, 0.2) is 46.9 Å². The number of thiophene rings is 1. The standard InChI is InChI=1S/C23H21BrN2O4S/c1-29-17-10-9-13(11-14(17)12-30-18-7-3-2-6-16(18)24)22(28)26-23-20(21(25)27)15-5-4-8-19(15)31-23/h2-3,6-7,9-11H,4-5,8,12H2,1H3,(H2,25,27)(H,26,28). The number of hydrogen-bond acceptors (Lipinski definition) is 5. The fourth-order valence-electron chi connectivity index (χ4n) is 3.68. The van der Waals surface area contributed by atoms with Crippen molar-refractivity contribution in [2.24, 2.45) is 5.73 Å². The van der Waals surface area contributed by atoms with Crippen molar-refractivity contribution in [3.05, 3.63) is 74.1 Å². The zero-order valence-electron chi connectivity index (χ0n) is 16.9. The number of primary amides is 1. The zero-order valence-corrected chi connectivity index (χ0v) is 19.3. The highest BCUT2D eigenvalue weighted by Crippen LogP contribution is 2.39. The minimum Gasteiger partial charge on any atom is -0.496 e. The Kier molecular flexibility index (Phi) is 6.29. The highest BCUT2D eigenvalue weighted by molar-refractivity contribution is 9.10. The van der Waals surface area contributed by atoms with E-state index in [4.69, 9.17) is 15.2 Å². The van der Waals surface area contributed by atoms with Crippen molar-refractivity contribution >= 4 is 44.1 Å². The van der Waals surface area contributed by atoms with Gasteiger partial charge in [0.15, 0.2) is 0 Å². The van der Waals surface area contributed by atoms with Crippen molar-refractivity contribution in [2.45, 2.75) is 25.9 Å². The number of halogens is 1. The number of methoxy groups -OCH3 is 1. The van der Waals surface area contributed by atoms with Gasteiger partial charge >= 0.3 is 0 Å². The summed E-state index contributed by atoms with van der Waals surface area (Å²) in [5.41, 5.74) is 8.18. The molecule has 0 radical (unpaired) electrons. The molecule has 0 atom stereocenters. The van der Waals surface area contributed by atoms with Crippen LogP contribution in [0.3, 0.4) is 0 Å². The largest absolute Gasteiger partial charge is 0.496 e. The number of rotatable bonds is 7. The van der Waals surface area contributed by atoms with Crippen LogP contribution in [0.2, 0.25) is 0 Å². The molecule has 3 N–H and O–H groups in total. The Morgan fingerprint density at radius 3 is 2.71 bits per heavy atom. The quantitative estimate of drug-likeness (QED) is 0.480. The number of hydrogen-bond donors (Lipinski definition) is 2. The van der Waals surface area contributed by atoms with E-state index in [0.29, 0.717) is 27.6 Å². The molecule has 0 aliphatic heterocycles. The summed E-state index contributed by atoms with van der Waals surface area (Å²) >= 11 is 4.89. The van der Waals surface area contributed by atoms with Crippen LogP contribution in [0.25, 0.3) is 0 Å². The molecule has 0 fully saturated rings. The highest BCUT2D eigenvalue weighted by atomic mass is 79.9. The first-order valence-electron chi connectivity index (χ1n) is 9.78. The molecule has 0 saturated heterocycles. The molecule has 1 aliphatic carbocycles. The number of carbonyl (C=O) groups is 2. The van der Waals surface area contributed by atoms with Crippen LogP contribution in [0.5, 0.6) is 11.5 Å². The van der Waals surface area contributed by atoms with Gasteiger partial charge < -0.3 is 20.5 Å². The van der Waals surface area contributed by atoms with Crippen LogP contribution in [0, 0.1) is 0 Å². The minimum absolute atomic E-state index is 0.229. The van der Waals surface area contributed by atoms with E-state index in [1.54, 1.807) is 25.3 Å². The number of carbonyl (C=O) groups excluding carboxylic acids is 2. The molecule has 31 heavy (non-hydrogen) atoms. The number of ether oxygens (including phenoxy) is 2. The zero-order chi connectivity index (χ0) is 22.0. The monoisotopic (exact) mass is 500 g/mol. The van der Waals surface area contributed by atoms with E-state index in [1.807, 2.05) is 24.3 Å². The number of nitrogens with one attached hydrogen (secondary N) is 1.